The molecule has 0 aliphatic carbocycles. The van der Waals surface area contributed by atoms with Crippen molar-refractivity contribution in [2.75, 3.05) is 6.61 Å². The minimum absolute atomic E-state index is 0.206. The summed E-state index contributed by atoms with van der Waals surface area (Å²) in [6, 6.07) is 11.9. The number of benzene rings is 2. The van der Waals surface area contributed by atoms with Gasteiger partial charge in [0.2, 0.25) is 0 Å². The molecule has 2 aromatic rings. The van der Waals surface area contributed by atoms with Crippen LogP contribution in [0.3, 0.4) is 0 Å². The van der Waals surface area contributed by atoms with Gasteiger partial charge in [-0.05, 0) is 55.3 Å². The first-order chi connectivity index (χ1) is 9.52. The van der Waals surface area contributed by atoms with Crippen molar-refractivity contribution < 1.29 is 4.74 Å². The molecule has 4 heteroatoms. The molecule has 0 heterocycles. The molecule has 0 saturated carbocycles. The average molecular weight is 399 g/mol. The molecule has 1 unspecified atom stereocenters. The summed E-state index contributed by atoms with van der Waals surface area (Å²) < 4.78 is 7.75. The van der Waals surface area contributed by atoms with Crippen molar-refractivity contribution in [1.82, 2.24) is 0 Å². The molecule has 0 amide bonds. The Bertz CT molecular complexity index is 613. The van der Waals surface area contributed by atoms with Crippen molar-refractivity contribution in [3.05, 3.63) is 62.0 Å². The van der Waals surface area contributed by atoms with E-state index in [-0.39, 0.29) is 6.04 Å². The molecule has 0 aliphatic rings. The fraction of sp³-hybridized carbons (Fsp3) is 0.250. The molecule has 20 heavy (non-hydrogen) atoms. The van der Waals surface area contributed by atoms with E-state index in [0.717, 1.165) is 31.4 Å². The average Bonchev–Trinajstić information content (AvgIpc) is 2.40. The Balaban J connectivity index is 2.46. The molecule has 2 rings (SSSR count). The Kier molecular flexibility index (Phi) is 5.24. The fourth-order valence-electron chi connectivity index (χ4n) is 2.20. The van der Waals surface area contributed by atoms with Gasteiger partial charge in [0.1, 0.15) is 5.75 Å². The number of hydrogen-bond donors (Lipinski definition) is 1. The Labute approximate surface area is 136 Å². The van der Waals surface area contributed by atoms with E-state index >= 15 is 0 Å². The lowest BCUT2D eigenvalue weighted by atomic mass is 9.95. The van der Waals surface area contributed by atoms with Gasteiger partial charge >= 0.3 is 0 Å². The molecule has 0 spiro atoms. The second kappa shape index (κ2) is 6.74. The number of nitrogens with two attached hydrogens (primary N) is 1. The van der Waals surface area contributed by atoms with Crippen LogP contribution < -0.4 is 10.5 Å². The van der Waals surface area contributed by atoms with Crippen LogP contribution in [-0.2, 0) is 0 Å². The third kappa shape index (κ3) is 3.43. The molecule has 0 aromatic heterocycles. The maximum Gasteiger partial charge on any atom is 0.124 e. The molecule has 2 nitrogen and oxygen atoms in total. The lowest BCUT2D eigenvalue weighted by Crippen LogP contribution is -2.15. The van der Waals surface area contributed by atoms with E-state index in [9.17, 15) is 0 Å². The van der Waals surface area contributed by atoms with E-state index in [0.29, 0.717) is 6.61 Å². The topological polar surface area (TPSA) is 35.2 Å². The maximum absolute atomic E-state index is 6.45. The predicted octanol–water partition coefficient (Wildman–Crippen LogP) is 4.97. The standard InChI is InChI=1S/C16H17Br2NO/c1-3-20-15-7-5-12(18)9-14(15)16(19)13-6-4-11(17)8-10(13)2/h4-9,16H,3,19H2,1-2H3. The van der Waals surface area contributed by atoms with Crippen LogP contribution in [0.4, 0.5) is 0 Å². The third-order valence-corrected chi connectivity index (χ3v) is 4.16. The largest absolute Gasteiger partial charge is 0.494 e. The summed E-state index contributed by atoms with van der Waals surface area (Å²) in [5.41, 5.74) is 9.71. The van der Waals surface area contributed by atoms with Gasteiger partial charge in [0, 0.05) is 14.5 Å². The van der Waals surface area contributed by atoms with Gasteiger partial charge in [0.15, 0.2) is 0 Å². The first-order valence-electron chi connectivity index (χ1n) is 6.46. The first-order valence-corrected chi connectivity index (χ1v) is 8.05. The van der Waals surface area contributed by atoms with Crippen LogP contribution in [0.1, 0.15) is 29.7 Å². The zero-order chi connectivity index (χ0) is 14.7. The van der Waals surface area contributed by atoms with Crippen LogP contribution >= 0.6 is 31.9 Å². The number of hydrogen-bond acceptors (Lipinski definition) is 2. The Morgan fingerprint density at radius 3 is 2.35 bits per heavy atom. The SMILES string of the molecule is CCOc1ccc(Br)cc1C(N)c1ccc(Br)cc1C. The van der Waals surface area contributed by atoms with E-state index in [1.807, 2.05) is 31.2 Å². The highest BCUT2D eigenvalue weighted by molar-refractivity contribution is 9.10. The van der Waals surface area contributed by atoms with Gasteiger partial charge < -0.3 is 10.5 Å². The Morgan fingerprint density at radius 1 is 1.05 bits per heavy atom. The fourth-order valence-corrected chi connectivity index (χ4v) is 3.06. The number of aryl methyl sites for hydroxylation is 1. The van der Waals surface area contributed by atoms with Gasteiger partial charge in [-0.2, -0.15) is 0 Å². The number of ether oxygens (including phenoxy) is 1. The minimum atomic E-state index is -0.206. The van der Waals surface area contributed by atoms with E-state index in [2.05, 4.69) is 50.9 Å². The van der Waals surface area contributed by atoms with Crippen LogP contribution in [0, 0.1) is 6.92 Å². The van der Waals surface area contributed by atoms with Crippen LogP contribution in [0.5, 0.6) is 5.75 Å². The summed E-state index contributed by atoms with van der Waals surface area (Å²) in [6.45, 7) is 4.67. The van der Waals surface area contributed by atoms with Gasteiger partial charge in [-0.15, -0.1) is 0 Å². The maximum atomic E-state index is 6.45. The van der Waals surface area contributed by atoms with Crippen LogP contribution in [-0.4, -0.2) is 6.61 Å². The van der Waals surface area contributed by atoms with Gasteiger partial charge in [0.05, 0.1) is 12.6 Å². The van der Waals surface area contributed by atoms with E-state index in [1.54, 1.807) is 0 Å². The highest BCUT2D eigenvalue weighted by atomic mass is 79.9. The van der Waals surface area contributed by atoms with Gasteiger partial charge in [-0.3, -0.25) is 0 Å². The normalized spacial score (nSPS) is 12.2. The van der Waals surface area contributed by atoms with Gasteiger partial charge in [0.25, 0.3) is 0 Å². The zero-order valence-corrected chi connectivity index (χ0v) is 14.7. The molecule has 0 saturated heterocycles. The summed E-state index contributed by atoms with van der Waals surface area (Å²) in [6.07, 6.45) is 0. The first kappa shape index (κ1) is 15.5. The van der Waals surface area contributed by atoms with Crippen molar-refractivity contribution in [3.8, 4) is 5.75 Å². The summed E-state index contributed by atoms with van der Waals surface area (Å²) >= 11 is 6.98. The second-order valence-corrected chi connectivity index (χ2v) is 6.43. The molecule has 1 atom stereocenters. The Hall–Kier alpha value is -0.840. The van der Waals surface area contributed by atoms with E-state index < -0.39 is 0 Å². The summed E-state index contributed by atoms with van der Waals surface area (Å²) in [4.78, 5) is 0. The molecule has 0 bridgehead atoms. The smallest absolute Gasteiger partial charge is 0.124 e. The molecule has 2 N–H and O–H groups in total. The van der Waals surface area contributed by atoms with Gasteiger partial charge in [-0.25, -0.2) is 0 Å². The summed E-state index contributed by atoms with van der Waals surface area (Å²) in [7, 11) is 0. The zero-order valence-electron chi connectivity index (χ0n) is 11.5. The molecule has 0 radical (unpaired) electrons. The van der Waals surface area contributed by atoms with E-state index in [1.165, 1.54) is 0 Å². The van der Waals surface area contributed by atoms with Crippen molar-refractivity contribution in [1.29, 1.82) is 0 Å². The number of rotatable bonds is 4. The molecular formula is C16H17Br2NO. The molecule has 0 fully saturated rings. The highest BCUT2D eigenvalue weighted by Gasteiger charge is 2.16. The monoisotopic (exact) mass is 397 g/mol. The van der Waals surface area contributed by atoms with Crippen molar-refractivity contribution in [2.24, 2.45) is 5.73 Å². The lowest BCUT2D eigenvalue weighted by Gasteiger charge is -2.19. The van der Waals surface area contributed by atoms with Crippen molar-refractivity contribution in [3.63, 3.8) is 0 Å². The summed E-state index contributed by atoms with van der Waals surface area (Å²) in [5.74, 6) is 0.838. The lowest BCUT2D eigenvalue weighted by molar-refractivity contribution is 0.335. The molecule has 106 valence electrons. The summed E-state index contributed by atoms with van der Waals surface area (Å²) in [5, 5.41) is 0. The van der Waals surface area contributed by atoms with Crippen molar-refractivity contribution >= 4 is 31.9 Å². The number of halogens is 2. The molecular weight excluding hydrogens is 382 g/mol. The van der Waals surface area contributed by atoms with E-state index in [4.69, 9.17) is 10.5 Å². The van der Waals surface area contributed by atoms with Crippen LogP contribution in [0.2, 0.25) is 0 Å². The van der Waals surface area contributed by atoms with Crippen LogP contribution in [0.15, 0.2) is 45.3 Å². The Morgan fingerprint density at radius 2 is 1.70 bits per heavy atom. The molecule has 2 aromatic carbocycles. The quantitative estimate of drug-likeness (QED) is 0.789. The van der Waals surface area contributed by atoms with Gasteiger partial charge in [-0.1, -0.05) is 37.9 Å². The highest BCUT2D eigenvalue weighted by Crippen LogP contribution is 2.33. The second-order valence-electron chi connectivity index (χ2n) is 4.59. The van der Waals surface area contributed by atoms with Crippen LogP contribution in [0.25, 0.3) is 0 Å². The molecule has 0 aliphatic heterocycles. The van der Waals surface area contributed by atoms with Crippen molar-refractivity contribution in [2.45, 2.75) is 19.9 Å². The third-order valence-electron chi connectivity index (χ3n) is 3.17. The minimum Gasteiger partial charge on any atom is -0.494 e. The predicted molar refractivity (Wildman–Crippen MR) is 90.2 cm³/mol.